The minimum atomic E-state index is -4.61. The topological polar surface area (TPSA) is 109 Å². The van der Waals surface area contributed by atoms with Gasteiger partial charge in [0.1, 0.15) is 11.5 Å². The van der Waals surface area contributed by atoms with Gasteiger partial charge in [-0.15, -0.1) is 0 Å². The summed E-state index contributed by atoms with van der Waals surface area (Å²) < 4.78 is 53.7. The number of amides is 1. The summed E-state index contributed by atoms with van der Waals surface area (Å²) in [5.41, 5.74) is -1.72. The van der Waals surface area contributed by atoms with E-state index in [0.29, 0.717) is 24.6 Å². The average molecular weight is 484 g/mol. The molecule has 34 heavy (non-hydrogen) atoms. The van der Waals surface area contributed by atoms with Crippen LogP contribution in [0.2, 0.25) is 0 Å². The highest BCUT2D eigenvalue weighted by atomic mass is 19.4. The first-order valence-electron chi connectivity index (χ1n) is 10.6. The molecule has 1 fully saturated rings. The Kier molecular flexibility index (Phi) is 7.27. The number of benzene rings is 1. The van der Waals surface area contributed by atoms with Gasteiger partial charge in [0.15, 0.2) is 5.75 Å². The van der Waals surface area contributed by atoms with Crippen molar-refractivity contribution in [3.63, 3.8) is 0 Å². The number of nitro benzene ring substituents is 1. The zero-order valence-corrected chi connectivity index (χ0v) is 18.5. The van der Waals surface area contributed by atoms with Crippen LogP contribution < -0.4 is 10.2 Å². The maximum Gasteiger partial charge on any atom is 0.433 e. The zero-order chi connectivity index (χ0) is 25.2. The number of aromatic hydroxyl groups is 1. The van der Waals surface area contributed by atoms with Gasteiger partial charge in [-0.05, 0) is 49.4 Å². The van der Waals surface area contributed by atoms with E-state index >= 15 is 0 Å². The largest absolute Gasteiger partial charge is 0.502 e. The zero-order valence-electron chi connectivity index (χ0n) is 18.5. The van der Waals surface area contributed by atoms with Gasteiger partial charge in [-0.2, -0.15) is 17.6 Å². The molecule has 1 aromatic carbocycles. The number of nitrogens with zero attached hydrogens (tertiary/aromatic N) is 3. The van der Waals surface area contributed by atoms with Crippen LogP contribution in [0.4, 0.5) is 29.1 Å². The molecule has 1 aliphatic rings. The molecule has 0 saturated carbocycles. The van der Waals surface area contributed by atoms with Crippen molar-refractivity contribution >= 4 is 17.4 Å². The van der Waals surface area contributed by atoms with Crippen molar-refractivity contribution < 1.29 is 32.4 Å². The molecule has 184 valence electrons. The Hall–Kier alpha value is -3.44. The van der Waals surface area contributed by atoms with Crippen LogP contribution in [-0.2, 0) is 17.5 Å². The van der Waals surface area contributed by atoms with Gasteiger partial charge in [-0.25, -0.2) is 4.98 Å². The van der Waals surface area contributed by atoms with Crippen molar-refractivity contribution in [1.82, 2.24) is 10.3 Å². The van der Waals surface area contributed by atoms with Gasteiger partial charge in [0.05, 0.1) is 10.8 Å². The van der Waals surface area contributed by atoms with Crippen LogP contribution in [0.25, 0.3) is 0 Å². The van der Waals surface area contributed by atoms with Crippen LogP contribution in [-0.4, -0.2) is 34.0 Å². The normalized spacial score (nSPS) is 15.8. The van der Waals surface area contributed by atoms with E-state index < -0.39 is 45.9 Å². The summed E-state index contributed by atoms with van der Waals surface area (Å²) >= 11 is 0. The van der Waals surface area contributed by atoms with E-state index in [1.54, 1.807) is 4.90 Å². The molecule has 3 rings (SSSR count). The maximum atomic E-state index is 14.0. The smallest absolute Gasteiger partial charge is 0.433 e. The highest BCUT2D eigenvalue weighted by Gasteiger charge is 2.34. The number of anilines is 1. The minimum Gasteiger partial charge on any atom is -0.502 e. The summed E-state index contributed by atoms with van der Waals surface area (Å²) in [4.78, 5) is 28.0. The number of phenolic OH excluding ortho intramolecular Hbond substituents is 1. The lowest BCUT2D eigenvalue weighted by molar-refractivity contribution is -0.388. The number of piperidine rings is 1. The van der Waals surface area contributed by atoms with E-state index in [-0.39, 0.29) is 17.9 Å². The molecule has 2 aromatic rings. The second-order valence-corrected chi connectivity index (χ2v) is 8.41. The fraction of sp³-hybridized carbons (Fsp3) is 0.455. The van der Waals surface area contributed by atoms with E-state index in [1.807, 2.05) is 0 Å². The lowest BCUT2D eigenvalue weighted by atomic mass is 9.98. The van der Waals surface area contributed by atoms with Gasteiger partial charge in [-0.1, -0.05) is 13.0 Å². The van der Waals surface area contributed by atoms with Crippen molar-refractivity contribution in [3.05, 3.63) is 57.0 Å². The monoisotopic (exact) mass is 484 g/mol. The molecular formula is C22H24F4N4O4. The Balaban J connectivity index is 1.80. The van der Waals surface area contributed by atoms with Gasteiger partial charge in [0.2, 0.25) is 11.7 Å². The number of hydrogen-bond donors (Lipinski definition) is 2. The molecule has 0 bridgehead atoms. The Bertz CT molecular complexity index is 1060. The summed E-state index contributed by atoms with van der Waals surface area (Å²) in [6, 6.07) is 3.85. The fourth-order valence-electron chi connectivity index (χ4n) is 3.79. The number of rotatable bonds is 6. The third kappa shape index (κ3) is 5.54. The predicted molar refractivity (Wildman–Crippen MR) is 115 cm³/mol. The second-order valence-electron chi connectivity index (χ2n) is 8.41. The summed E-state index contributed by atoms with van der Waals surface area (Å²) in [7, 11) is 0. The van der Waals surface area contributed by atoms with Crippen LogP contribution in [0.1, 0.15) is 49.4 Å². The summed E-state index contributed by atoms with van der Waals surface area (Å²) in [5, 5.41) is 23.2. The van der Waals surface area contributed by atoms with Crippen molar-refractivity contribution in [2.75, 3.05) is 18.0 Å². The van der Waals surface area contributed by atoms with E-state index in [1.165, 1.54) is 13.0 Å². The molecule has 2 heterocycles. The molecule has 1 aliphatic heterocycles. The Morgan fingerprint density at radius 1 is 1.32 bits per heavy atom. The average Bonchev–Trinajstić information content (AvgIpc) is 2.76. The Morgan fingerprint density at radius 2 is 1.97 bits per heavy atom. The first-order valence-corrected chi connectivity index (χ1v) is 10.6. The van der Waals surface area contributed by atoms with Crippen molar-refractivity contribution in [2.24, 2.45) is 5.92 Å². The van der Waals surface area contributed by atoms with Crippen LogP contribution in [0.5, 0.6) is 5.75 Å². The van der Waals surface area contributed by atoms with Crippen LogP contribution in [0, 0.1) is 21.8 Å². The molecule has 0 aliphatic carbocycles. The number of phenols is 1. The number of hydrogen-bond acceptors (Lipinski definition) is 6. The molecule has 1 atom stereocenters. The number of carbonyl (C=O) groups is 1. The quantitative estimate of drug-likeness (QED) is 0.355. The highest BCUT2D eigenvalue weighted by molar-refractivity contribution is 5.83. The molecule has 8 nitrogen and oxygen atoms in total. The van der Waals surface area contributed by atoms with Gasteiger partial charge >= 0.3 is 11.9 Å². The van der Waals surface area contributed by atoms with Crippen molar-refractivity contribution in [1.29, 1.82) is 0 Å². The van der Waals surface area contributed by atoms with E-state index in [9.17, 15) is 37.6 Å². The predicted octanol–water partition coefficient (Wildman–Crippen LogP) is 4.51. The Labute approximate surface area is 192 Å². The van der Waals surface area contributed by atoms with Crippen LogP contribution in [0.15, 0.2) is 24.3 Å². The summed E-state index contributed by atoms with van der Waals surface area (Å²) in [6.07, 6.45) is -3.01. The van der Waals surface area contributed by atoms with Gasteiger partial charge < -0.3 is 15.3 Å². The van der Waals surface area contributed by atoms with Crippen molar-refractivity contribution in [2.45, 2.75) is 45.3 Å². The molecule has 1 aromatic heterocycles. The third-order valence-corrected chi connectivity index (χ3v) is 5.92. The number of aromatic nitrogens is 1. The number of halogens is 4. The SMILES string of the molecule is CC1CCN(c2nc(C(F)(F)F)ccc2CNC(=O)C(C)c2cc(O)c([N+](=O)[O-])c(F)c2)CC1. The molecule has 0 spiro atoms. The second kappa shape index (κ2) is 9.82. The number of nitro groups is 1. The third-order valence-electron chi connectivity index (χ3n) is 5.92. The maximum absolute atomic E-state index is 14.0. The number of alkyl halides is 3. The summed E-state index contributed by atoms with van der Waals surface area (Å²) in [5.74, 6) is -3.20. The fourth-order valence-corrected chi connectivity index (χ4v) is 3.79. The van der Waals surface area contributed by atoms with E-state index in [4.69, 9.17) is 0 Å². The minimum absolute atomic E-state index is 0.00823. The number of pyridine rings is 1. The van der Waals surface area contributed by atoms with Gasteiger partial charge in [0, 0.05) is 25.2 Å². The molecule has 0 radical (unpaired) electrons. The first kappa shape index (κ1) is 25.2. The van der Waals surface area contributed by atoms with Gasteiger partial charge in [-0.3, -0.25) is 14.9 Å². The molecule has 1 unspecified atom stereocenters. The molecule has 2 N–H and O–H groups in total. The first-order chi connectivity index (χ1) is 15.9. The van der Waals surface area contributed by atoms with Gasteiger partial charge in [0.25, 0.3) is 0 Å². The molecule has 1 amide bonds. The molecule has 1 saturated heterocycles. The number of nitrogens with one attached hydrogen (secondary N) is 1. The molecule has 12 heteroatoms. The summed E-state index contributed by atoms with van der Waals surface area (Å²) in [6.45, 7) is 4.42. The van der Waals surface area contributed by atoms with E-state index in [0.717, 1.165) is 31.0 Å². The van der Waals surface area contributed by atoms with Crippen LogP contribution >= 0.6 is 0 Å². The standard InChI is InChI=1S/C22H24F4N4O4/c1-12-5-7-29(8-6-12)20-14(3-4-18(28-20)22(24,25)26)11-27-21(32)13(2)15-9-16(23)19(30(33)34)17(31)10-15/h3-4,9-10,12-13,31H,5-8,11H2,1-2H3,(H,27,32). The Morgan fingerprint density at radius 3 is 2.53 bits per heavy atom. The van der Waals surface area contributed by atoms with E-state index in [2.05, 4.69) is 17.2 Å². The molecular weight excluding hydrogens is 460 g/mol. The lowest BCUT2D eigenvalue weighted by Crippen LogP contribution is -2.35. The van der Waals surface area contributed by atoms with Crippen LogP contribution in [0.3, 0.4) is 0 Å². The lowest BCUT2D eigenvalue weighted by Gasteiger charge is -2.33. The van der Waals surface area contributed by atoms with Crippen molar-refractivity contribution in [3.8, 4) is 5.75 Å². The highest BCUT2D eigenvalue weighted by Crippen LogP contribution is 2.34. The number of carbonyl (C=O) groups excluding carboxylic acids is 1.